The molecule has 1 aromatic heterocycles. The summed E-state index contributed by atoms with van der Waals surface area (Å²) in [4.78, 5) is 89.6. The van der Waals surface area contributed by atoms with Crippen molar-refractivity contribution in [1.29, 1.82) is 0 Å². The van der Waals surface area contributed by atoms with Crippen LogP contribution in [0.3, 0.4) is 0 Å². The highest BCUT2D eigenvalue weighted by molar-refractivity contribution is 5.95. The van der Waals surface area contributed by atoms with E-state index in [0.29, 0.717) is 61.8 Å². The lowest BCUT2D eigenvalue weighted by atomic mass is 10.0. The summed E-state index contributed by atoms with van der Waals surface area (Å²) in [5, 5.41) is 28.5. The Morgan fingerprint density at radius 3 is 2.39 bits per heavy atom. The zero-order chi connectivity index (χ0) is 39.1. The molecule has 2 aliphatic rings. The van der Waals surface area contributed by atoms with Gasteiger partial charge in [0.2, 0.25) is 23.6 Å². The number of carbonyl (C=O) groups excluding carboxylic acids is 4. The average Bonchev–Trinajstić information content (AvgIpc) is 3.84. The predicted octanol–water partition coefficient (Wildman–Crippen LogP) is 1.72. The predicted molar refractivity (Wildman–Crippen MR) is 193 cm³/mol. The number of carbonyl (C=O) groups is 4. The number of ether oxygens (including phenoxy) is 1. The van der Waals surface area contributed by atoms with Crippen LogP contribution < -0.4 is 32.5 Å². The van der Waals surface area contributed by atoms with E-state index in [1.807, 2.05) is 0 Å². The molecule has 3 heterocycles. The second-order valence-electron chi connectivity index (χ2n) is 13.2. The first-order chi connectivity index (χ1) is 25.8. The summed E-state index contributed by atoms with van der Waals surface area (Å²) in [6, 6.07) is 5.56. The molecule has 19 nitrogen and oxygen atoms in total. The van der Waals surface area contributed by atoms with Gasteiger partial charge in [-0.25, -0.2) is 4.79 Å². The van der Waals surface area contributed by atoms with Crippen molar-refractivity contribution in [2.45, 2.75) is 75.5 Å². The summed E-state index contributed by atoms with van der Waals surface area (Å²) in [6.45, 7) is 0.870. The molecule has 4 amide bonds. The number of rotatable bonds is 16. The molecule has 2 saturated heterocycles. The smallest absolute Gasteiger partial charge is 0.336 e. The van der Waals surface area contributed by atoms with Gasteiger partial charge in [0.1, 0.15) is 35.1 Å². The van der Waals surface area contributed by atoms with Crippen LogP contribution in [0.4, 0.5) is 17.1 Å². The van der Waals surface area contributed by atoms with E-state index in [0.717, 1.165) is 6.07 Å². The van der Waals surface area contributed by atoms with Crippen LogP contribution in [-0.2, 0) is 25.6 Å². The van der Waals surface area contributed by atoms with Gasteiger partial charge in [-0.05, 0) is 68.7 Å². The minimum absolute atomic E-state index is 0.105. The molecular formula is C35H42N8O11. The fourth-order valence-corrected chi connectivity index (χ4v) is 6.98. The Morgan fingerprint density at radius 2 is 1.70 bits per heavy atom. The van der Waals surface area contributed by atoms with Crippen molar-refractivity contribution in [3.63, 3.8) is 0 Å². The number of primary amides is 1. The van der Waals surface area contributed by atoms with Crippen molar-refractivity contribution in [1.82, 2.24) is 15.1 Å². The third kappa shape index (κ3) is 8.91. The second-order valence-corrected chi connectivity index (χ2v) is 13.2. The Hall–Kier alpha value is -6.11. The van der Waals surface area contributed by atoms with Gasteiger partial charge in [0.05, 0.1) is 29.1 Å². The Labute approximate surface area is 308 Å². The maximum Gasteiger partial charge on any atom is 0.336 e. The number of likely N-dealkylation sites (tertiary alicyclic amines) is 2. The lowest BCUT2D eigenvalue weighted by Crippen LogP contribution is -2.57. The lowest BCUT2D eigenvalue weighted by Gasteiger charge is -2.32. The highest BCUT2D eigenvalue weighted by Crippen LogP contribution is 2.30. The number of fused-ring (bicyclic) bond motifs is 1. The van der Waals surface area contributed by atoms with Crippen molar-refractivity contribution in [2.75, 3.05) is 32.1 Å². The first kappa shape index (κ1) is 39.1. The molecule has 4 unspecified atom stereocenters. The number of nitrogens with two attached hydrogens (primary N) is 2. The number of amides is 4. The van der Waals surface area contributed by atoms with Crippen LogP contribution in [0.15, 0.2) is 51.7 Å². The normalized spacial score (nSPS) is 17.9. The number of nitro groups is 2. The monoisotopic (exact) mass is 750 g/mol. The van der Waals surface area contributed by atoms with E-state index >= 15 is 0 Å². The molecular weight excluding hydrogens is 708 g/mol. The fraction of sp³-hybridized carbons (Fsp3) is 0.457. The molecule has 5 rings (SSSR count). The maximum atomic E-state index is 13.9. The summed E-state index contributed by atoms with van der Waals surface area (Å²) in [7, 11) is 1.47. The van der Waals surface area contributed by atoms with Gasteiger partial charge in [0, 0.05) is 49.6 Å². The number of hydrogen-bond donors (Lipinski definition) is 4. The molecule has 0 bridgehead atoms. The quantitative estimate of drug-likeness (QED) is 0.0703. The van der Waals surface area contributed by atoms with E-state index in [9.17, 15) is 44.2 Å². The molecule has 288 valence electrons. The van der Waals surface area contributed by atoms with Gasteiger partial charge in [-0.3, -0.25) is 39.4 Å². The number of unbranched alkanes of at least 4 members (excludes halogenated alkanes) is 1. The summed E-state index contributed by atoms with van der Waals surface area (Å²) in [6.07, 6.45) is 2.93. The minimum atomic E-state index is -1.20. The van der Waals surface area contributed by atoms with Crippen molar-refractivity contribution in [3.8, 4) is 5.75 Å². The van der Waals surface area contributed by atoms with Crippen molar-refractivity contribution < 1.29 is 38.2 Å². The van der Waals surface area contributed by atoms with E-state index in [1.165, 1.54) is 41.2 Å². The lowest BCUT2D eigenvalue weighted by molar-refractivity contribution is -0.393. The highest BCUT2D eigenvalue weighted by atomic mass is 16.6. The number of hydrogen-bond acceptors (Lipinski definition) is 13. The van der Waals surface area contributed by atoms with Crippen LogP contribution in [0.25, 0.3) is 11.0 Å². The first-order valence-corrected chi connectivity index (χ1v) is 17.5. The zero-order valence-electron chi connectivity index (χ0n) is 29.6. The third-order valence-corrected chi connectivity index (χ3v) is 9.74. The number of nitrogens with one attached hydrogen (secondary N) is 2. The Balaban J connectivity index is 1.16. The zero-order valence-corrected chi connectivity index (χ0v) is 29.6. The molecule has 6 N–H and O–H groups in total. The maximum absolute atomic E-state index is 13.9. The number of nitro benzene ring substituents is 2. The molecule has 2 aromatic carbocycles. The van der Waals surface area contributed by atoms with E-state index in [-0.39, 0.29) is 37.2 Å². The summed E-state index contributed by atoms with van der Waals surface area (Å²) < 4.78 is 10.5. The van der Waals surface area contributed by atoms with E-state index in [1.54, 1.807) is 12.1 Å². The molecule has 2 fully saturated rings. The summed E-state index contributed by atoms with van der Waals surface area (Å²) >= 11 is 0. The molecule has 4 atom stereocenters. The largest absolute Gasteiger partial charge is 0.497 e. The van der Waals surface area contributed by atoms with E-state index in [2.05, 4.69) is 10.6 Å². The van der Waals surface area contributed by atoms with Crippen LogP contribution in [0.1, 0.15) is 50.5 Å². The van der Waals surface area contributed by atoms with Crippen molar-refractivity contribution >= 4 is 51.7 Å². The molecule has 54 heavy (non-hydrogen) atoms. The van der Waals surface area contributed by atoms with E-state index in [4.69, 9.17) is 20.6 Å². The molecule has 3 aromatic rings. The van der Waals surface area contributed by atoms with Gasteiger partial charge in [-0.15, -0.1) is 0 Å². The van der Waals surface area contributed by atoms with Crippen LogP contribution in [0.2, 0.25) is 0 Å². The molecule has 2 aliphatic heterocycles. The number of methoxy groups -OCH3 is 1. The third-order valence-electron chi connectivity index (χ3n) is 9.74. The highest BCUT2D eigenvalue weighted by Gasteiger charge is 2.43. The molecule has 0 saturated carbocycles. The van der Waals surface area contributed by atoms with Gasteiger partial charge in [0.25, 0.3) is 11.4 Å². The van der Waals surface area contributed by atoms with Gasteiger partial charge < -0.3 is 41.1 Å². The Morgan fingerprint density at radius 1 is 0.981 bits per heavy atom. The molecule has 19 heteroatoms. The Kier molecular flexibility index (Phi) is 12.4. The first-order valence-electron chi connectivity index (χ1n) is 17.5. The SMILES string of the molecule is COc1ccc2c(CC(NC(=O)C3CCCN3C(=O)C3CCCN3C(=O)C(N)CCCCNc3ccc([N+](=O)[O-])cc3[N+](=O)[O-])C(N)=O)cc(=O)oc2c1. The van der Waals surface area contributed by atoms with E-state index < -0.39 is 74.6 Å². The molecule has 0 spiro atoms. The average molecular weight is 751 g/mol. The molecule has 0 aliphatic carbocycles. The summed E-state index contributed by atoms with van der Waals surface area (Å²) in [5.74, 6) is -1.76. The fourth-order valence-electron chi connectivity index (χ4n) is 6.98. The number of nitrogens with zero attached hydrogens (tertiary/aromatic N) is 4. The van der Waals surface area contributed by atoms with Crippen LogP contribution in [-0.4, -0.2) is 94.2 Å². The van der Waals surface area contributed by atoms with Crippen LogP contribution >= 0.6 is 0 Å². The Bertz CT molecular complexity index is 2000. The standard InChI is InChI=1S/C35H42N8O11/c1-53-22-10-11-23-20(17-31(44)54-30(23)19-22)16-26(32(37)45)39-33(46)27-7-4-14-40(27)35(48)28-8-5-15-41(28)34(47)24(36)6-2-3-13-38-25-12-9-21(42(49)50)18-29(25)43(51)52/h9-12,17-19,24,26-28,38H,2-8,13-16,36H2,1H3,(H2,37,45)(H,39,46). The number of non-ortho nitro benzene ring substituents is 1. The number of benzene rings is 2. The van der Waals surface area contributed by atoms with Gasteiger partial charge in [-0.2, -0.15) is 0 Å². The summed E-state index contributed by atoms with van der Waals surface area (Å²) in [5.41, 5.74) is 11.3. The molecule has 0 radical (unpaired) electrons. The number of anilines is 1. The minimum Gasteiger partial charge on any atom is -0.497 e. The topological polar surface area (TPSA) is 277 Å². The van der Waals surface area contributed by atoms with Crippen molar-refractivity contribution in [2.24, 2.45) is 11.5 Å². The second kappa shape index (κ2) is 17.1. The van der Waals surface area contributed by atoms with Crippen LogP contribution in [0, 0.1) is 20.2 Å². The van der Waals surface area contributed by atoms with Gasteiger partial charge >= 0.3 is 5.63 Å². The van der Waals surface area contributed by atoms with Gasteiger partial charge in [-0.1, -0.05) is 0 Å². The van der Waals surface area contributed by atoms with Gasteiger partial charge in [0.15, 0.2) is 0 Å². The van der Waals surface area contributed by atoms with Crippen molar-refractivity contribution in [3.05, 3.63) is 78.7 Å². The van der Waals surface area contributed by atoms with Crippen LogP contribution in [0.5, 0.6) is 5.75 Å².